The molecule has 3 unspecified atom stereocenters. The number of carboxylic acids is 1. The third-order valence-electron chi connectivity index (χ3n) is 9.43. The number of carboxylic acid groups (broad SMARTS) is 1. The number of carbonyl (C=O) groups excluding carboxylic acids is 2. The fourth-order valence-corrected chi connectivity index (χ4v) is 7.50. The van der Waals surface area contributed by atoms with Gasteiger partial charge in [-0.2, -0.15) is 5.01 Å². The summed E-state index contributed by atoms with van der Waals surface area (Å²) in [5.41, 5.74) is 0.707. The van der Waals surface area contributed by atoms with Crippen molar-refractivity contribution >= 4 is 17.8 Å². The van der Waals surface area contributed by atoms with E-state index in [4.69, 9.17) is 6.42 Å². The standard InChI is InChI=1S/C34H33N5O5/c1-2-16-37-22-30(40)38-27(17-31(41)42)32(43)36-20-26(24-12-7-4-8-13-24)25-14-9-15-28-33(44,18-25)34(28,39(37)29(38)21-36)35-19-23-10-5-3-6-11-23/h1,3-15,18,26-27,29,35,44H,16-17,19-22H2,(H,41,42)/t26?,27-,29-,33?,34?/m0/s1. The molecule has 0 aromatic heterocycles. The Kier molecular flexibility index (Phi) is 6.79. The molecule has 1 saturated carbocycles. The van der Waals surface area contributed by atoms with E-state index in [9.17, 15) is 24.6 Å². The van der Waals surface area contributed by atoms with E-state index in [1.165, 1.54) is 4.90 Å². The van der Waals surface area contributed by atoms with E-state index in [2.05, 4.69) is 11.2 Å². The molecule has 10 heteroatoms. The number of benzene rings is 2. The average molecular weight is 592 g/mol. The Morgan fingerprint density at radius 1 is 1.07 bits per heavy atom. The summed E-state index contributed by atoms with van der Waals surface area (Å²) < 4.78 is 0. The lowest BCUT2D eigenvalue weighted by molar-refractivity contribution is -0.224. The van der Waals surface area contributed by atoms with E-state index in [-0.39, 0.29) is 38.0 Å². The number of rotatable bonds is 7. The number of hydrazine groups is 1. The zero-order chi connectivity index (χ0) is 30.6. The van der Waals surface area contributed by atoms with Crippen LogP contribution in [0.5, 0.6) is 0 Å². The number of nitrogens with zero attached hydrogens (tertiary/aromatic N) is 4. The summed E-state index contributed by atoms with van der Waals surface area (Å²) in [5.74, 6) is 0.383. The maximum absolute atomic E-state index is 14.1. The number of hydrogen-bond donors (Lipinski definition) is 3. The van der Waals surface area contributed by atoms with Crippen molar-refractivity contribution < 1.29 is 24.6 Å². The first-order valence-corrected chi connectivity index (χ1v) is 14.8. The maximum atomic E-state index is 14.1. The Bertz CT molecular complexity index is 1650. The SMILES string of the molecule is C#CCN1CC(=O)N2[C@@H](CC(=O)O)C(=O)N3CC(c4ccccc4)C4=CC5(O)C(=CC=C4)C5(NCc4ccccc4)N1[C@H]2C3. The van der Waals surface area contributed by atoms with Crippen LogP contribution >= 0.6 is 0 Å². The Morgan fingerprint density at radius 2 is 1.80 bits per heavy atom. The molecule has 3 N–H and O–H groups in total. The van der Waals surface area contributed by atoms with Crippen LogP contribution in [0.2, 0.25) is 0 Å². The number of aliphatic hydroxyl groups is 1. The van der Waals surface area contributed by atoms with Crippen molar-refractivity contribution in [1.82, 2.24) is 25.1 Å². The number of hydrogen-bond acceptors (Lipinski definition) is 7. The Balaban J connectivity index is 1.45. The molecule has 2 aromatic rings. The third kappa shape index (κ3) is 4.24. The summed E-state index contributed by atoms with van der Waals surface area (Å²) in [5, 5.41) is 29.9. The molecular weight excluding hydrogens is 558 g/mol. The van der Waals surface area contributed by atoms with Crippen molar-refractivity contribution in [1.29, 1.82) is 0 Å². The topological polar surface area (TPSA) is 117 Å². The van der Waals surface area contributed by atoms with Crippen LogP contribution in [-0.4, -0.2) is 97.5 Å². The quantitative estimate of drug-likeness (QED) is 0.415. The van der Waals surface area contributed by atoms with Gasteiger partial charge in [0.15, 0.2) is 0 Å². The lowest BCUT2D eigenvalue weighted by Crippen LogP contribution is -2.79. The van der Waals surface area contributed by atoms with E-state index in [0.29, 0.717) is 12.1 Å². The van der Waals surface area contributed by atoms with Gasteiger partial charge in [0.1, 0.15) is 23.5 Å². The van der Waals surface area contributed by atoms with Gasteiger partial charge in [0.25, 0.3) is 0 Å². The van der Waals surface area contributed by atoms with Crippen molar-refractivity contribution in [3.63, 3.8) is 0 Å². The first-order chi connectivity index (χ1) is 21.3. The van der Waals surface area contributed by atoms with Crippen LogP contribution in [0.4, 0.5) is 0 Å². The van der Waals surface area contributed by atoms with Gasteiger partial charge in [-0.05, 0) is 22.8 Å². The minimum atomic E-state index is -1.50. The first kappa shape index (κ1) is 28.3. The summed E-state index contributed by atoms with van der Waals surface area (Å²) in [4.78, 5) is 43.0. The monoisotopic (exact) mass is 591 g/mol. The molecule has 44 heavy (non-hydrogen) atoms. The Hall–Kier alpha value is -4.53. The van der Waals surface area contributed by atoms with Gasteiger partial charge in [0.05, 0.1) is 26.1 Å². The lowest BCUT2D eigenvalue weighted by atomic mass is 9.87. The molecule has 0 radical (unpaired) electrons. The number of allylic oxidation sites excluding steroid dienone is 3. The minimum Gasteiger partial charge on any atom is -0.481 e. The first-order valence-electron chi connectivity index (χ1n) is 14.8. The molecule has 5 aliphatic rings. The van der Waals surface area contributed by atoms with Crippen molar-refractivity contribution in [2.24, 2.45) is 0 Å². The van der Waals surface area contributed by atoms with Gasteiger partial charge < -0.3 is 20.0 Å². The van der Waals surface area contributed by atoms with E-state index >= 15 is 0 Å². The highest BCUT2D eigenvalue weighted by atomic mass is 16.4. The number of aliphatic carboxylic acids is 1. The highest BCUT2D eigenvalue weighted by Gasteiger charge is 2.78. The molecule has 5 atom stereocenters. The van der Waals surface area contributed by atoms with Gasteiger partial charge in [-0.25, -0.2) is 5.01 Å². The normalized spacial score (nSPS) is 31.0. The van der Waals surface area contributed by atoms with Gasteiger partial charge in [0.2, 0.25) is 11.8 Å². The number of carbonyl (C=O) groups is 3. The molecule has 2 amide bonds. The Labute approximate surface area is 255 Å². The van der Waals surface area contributed by atoms with Gasteiger partial charge in [0, 0.05) is 24.6 Å². The van der Waals surface area contributed by atoms with Crippen LogP contribution < -0.4 is 5.32 Å². The Morgan fingerprint density at radius 3 is 2.50 bits per heavy atom. The average Bonchev–Trinajstić information content (AvgIpc) is 3.57. The van der Waals surface area contributed by atoms with Crippen LogP contribution in [-0.2, 0) is 20.9 Å². The third-order valence-corrected chi connectivity index (χ3v) is 9.43. The fraction of sp³-hybridized carbons (Fsp3) is 0.324. The zero-order valence-electron chi connectivity index (χ0n) is 24.0. The molecule has 10 nitrogen and oxygen atoms in total. The molecule has 0 spiro atoms. The highest BCUT2D eigenvalue weighted by Crippen LogP contribution is 2.61. The summed E-state index contributed by atoms with van der Waals surface area (Å²) in [6, 6.07) is 18.4. The smallest absolute Gasteiger partial charge is 0.305 e. The summed E-state index contributed by atoms with van der Waals surface area (Å²) >= 11 is 0. The molecule has 2 aromatic carbocycles. The summed E-state index contributed by atoms with van der Waals surface area (Å²) in [7, 11) is 0. The molecule has 3 aliphatic heterocycles. The van der Waals surface area contributed by atoms with E-state index in [1.54, 1.807) is 9.91 Å². The number of fused-ring (bicyclic) bond motifs is 3. The van der Waals surface area contributed by atoms with Crippen molar-refractivity contribution in [2.75, 3.05) is 26.2 Å². The zero-order valence-corrected chi connectivity index (χ0v) is 24.0. The minimum absolute atomic E-state index is 0.0742. The molecule has 7 rings (SSSR count). The van der Waals surface area contributed by atoms with Gasteiger partial charge in [-0.3, -0.25) is 19.7 Å². The molecule has 224 valence electrons. The summed E-state index contributed by atoms with van der Waals surface area (Å²) in [6.07, 6.45) is 12.2. The molecule has 2 saturated heterocycles. The van der Waals surface area contributed by atoms with Crippen molar-refractivity contribution in [2.45, 2.75) is 42.4 Å². The lowest BCUT2D eigenvalue weighted by Gasteiger charge is -2.58. The maximum Gasteiger partial charge on any atom is 0.305 e. The molecule has 4 bridgehead atoms. The number of terminal acetylenes is 1. The largest absolute Gasteiger partial charge is 0.481 e. The molecule has 2 aliphatic carbocycles. The fourth-order valence-electron chi connectivity index (χ4n) is 7.50. The van der Waals surface area contributed by atoms with Crippen LogP contribution in [0.15, 0.2) is 96.1 Å². The predicted molar refractivity (Wildman–Crippen MR) is 161 cm³/mol. The van der Waals surface area contributed by atoms with E-state index in [1.807, 2.05) is 90.0 Å². The second kappa shape index (κ2) is 10.6. The number of nitrogens with one attached hydrogen (secondary N) is 1. The van der Waals surface area contributed by atoms with Crippen LogP contribution in [0.1, 0.15) is 23.5 Å². The van der Waals surface area contributed by atoms with Crippen molar-refractivity contribution in [3.05, 3.63) is 107 Å². The number of piperazine rings is 1. The van der Waals surface area contributed by atoms with Crippen LogP contribution in [0, 0.1) is 12.3 Å². The molecule has 3 heterocycles. The van der Waals surface area contributed by atoms with Gasteiger partial charge >= 0.3 is 5.97 Å². The van der Waals surface area contributed by atoms with Crippen molar-refractivity contribution in [3.8, 4) is 12.3 Å². The van der Waals surface area contributed by atoms with Gasteiger partial charge in [-0.1, -0.05) is 84.8 Å². The van der Waals surface area contributed by atoms with Crippen LogP contribution in [0.25, 0.3) is 0 Å². The highest BCUT2D eigenvalue weighted by molar-refractivity contribution is 5.93. The van der Waals surface area contributed by atoms with Crippen LogP contribution in [0.3, 0.4) is 0 Å². The predicted octanol–water partition coefficient (Wildman–Crippen LogP) is 1.44. The summed E-state index contributed by atoms with van der Waals surface area (Å²) in [6.45, 7) is 0.649. The molecule has 3 fully saturated rings. The second-order valence-electron chi connectivity index (χ2n) is 11.9. The molecular formula is C34H33N5O5. The van der Waals surface area contributed by atoms with Gasteiger partial charge in [-0.15, -0.1) is 6.42 Å². The second-order valence-corrected chi connectivity index (χ2v) is 11.9. The van der Waals surface area contributed by atoms with E-state index in [0.717, 1.165) is 16.7 Å². The number of amides is 2. The van der Waals surface area contributed by atoms with E-state index < -0.39 is 41.8 Å².